The van der Waals surface area contributed by atoms with Gasteiger partial charge in [0.15, 0.2) is 11.5 Å². The molecule has 0 spiro atoms. The van der Waals surface area contributed by atoms with Gasteiger partial charge in [-0.25, -0.2) is 13.8 Å². The zero-order chi connectivity index (χ0) is 26.2. The summed E-state index contributed by atoms with van der Waals surface area (Å²) in [6, 6.07) is 13.1. The molecule has 1 aliphatic carbocycles. The second-order valence-corrected chi connectivity index (χ2v) is 11.1. The molecule has 3 fully saturated rings. The third kappa shape index (κ3) is 5.00. The lowest BCUT2D eigenvalue weighted by Gasteiger charge is -2.46. The Labute approximate surface area is 223 Å². The van der Waals surface area contributed by atoms with E-state index in [0.717, 1.165) is 55.0 Å². The number of nitrogens with zero attached hydrogens (tertiary/aromatic N) is 3. The van der Waals surface area contributed by atoms with Gasteiger partial charge in [0.25, 0.3) is 6.43 Å². The average molecular weight is 525 g/mol. The molecular weight excluding hydrogens is 486 g/mol. The summed E-state index contributed by atoms with van der Waals surface area (Å²) in [4.78, 5) is 7.62. The van der Waals surface area contributed by atoms with E-state index in [0.29, 0.717) is 35.3 Å². The molecule has 3 aliphatic rings. The summed E-state index contributed by atoms with van der Waals surface area (Å²) in [6.45, 7) is 2.97. The molecule has 2 atom stereocenters. The van der Waals surface area contributed by atoms with Crippen LogP contribution in [0, 0.1) is 5.92 Å². The molecule has 38 heavy (non-hydrogen) atoms. The Morgan fingerprint density at radius 1 is 0.974 bits per heavy atom. The SMILES string of the molecule is COc1ccc(-c2nc3ccc(C4CCN(C5CCNCC5)[C@@H](C5CC5)C4)cc3n2CC(F)F)cc1OC. The number of aromatic nitrogens is 2. The number of likely N-dealkylation sites (tertiary alicyclic amines) is 1. The molecule has 1 saturated carbocycles. The van der Waals surface area contributed by atoms with Gasteiger partial charge in [-0.3, -0.25) is 4.90 Å². The van der Waals surface area contributed by atoms with E-state index in [-0.39, 0.29) is 0 Å². The molecule has 8 heteroatoms. The van der Waals surface area contributed by atoms with Gasteiger partial charge in [0, 0.05) is 17.6 Å². The van der Waals surface area contributed by atoms with Crippen LogP contribution in [0.15, 0.2) is 36.4 Å². The third-order valence-corrected chi connectivity index (χ3v) is 8.84. The van der Waals surface area contributed by atoms with Gasteiger partial charge >= 0.3 is 0 Å². The topological polar surface area (TPSA) is 51.5 Å². The fourth-order valence-corrected chi connectivity index (χ4v) is 6.77. The highest BCUT2D eigenvalue weighted by Gasteiger charge is 2.42. The van der Waals surface area contributed by atoms with Crippen LogP contribution in [-0.4, -0.2) is 66.8 Å². The van der Waals surface area contributed by atoms with Crippen molar-refractivity contribution in [1.82, 2.24) is 19.8 Å². The van der Waals surface area contributed by atoms with Crippen LogP contribution in [0.25, 0.3) is 22.4 Å². The van der Waals surface area contributed by atoms with Gasteiger partial charge in [-0.05, 0) is 106 Å². The first-order valence-corrected chi connectivity index (χ1v) is 14.0. The molecule has 6 rings (SSSR count). The number of hydrogen-bond donors (Lipinski definition) is 1. The number of piperidine rings is 2. The standard InChI is InChI=1S/C30H38F2N4O2/c1-37-27-8-6-22(17-28(27)38-2)30-34-24-7-5-20(16-26(24)36(30)18-29(31)32)21-11-14-35(23-9-12-33-13-10-23)25(15-21)19-3-4-19/h5-8,16-17,19,21,23,25,29,33H,3-4,9-15,18H2,1-2H3/t21?,25-/m1/s1. The summed E-state index contributed by atoms with van der Waals surface area (Å²) in [5.41, 5.74) is 3.49. The number of halogens is 2. The minimum absolute atomic E-state index is 0.400. The van der Waals surface area contributed by atoms with Crippen molar-refractivity contribution in [3.05, 3.63) is 42.0 Å². The predicted octanol–water partition coefficient (Wildman–Crippen LogP) is 5.70. The van der Waals surface area contributed by atoms with Gasteiger partial charge in [0.2, 0.25) is 0 Å². The number of fused-ring (bicyclic) bond motifs is 1. The normalized spacial score (nSPS) is 23.3. The van der Waals surface area contributed by atoms with Crippen molar-refractivity contribution in [2.75, 3.05) is 33.9 Å². The van der Waals surface area contributed by atoms with Crippen LogP contribution in [0.1, 0.15) is 50.0 Å². The molecule has 0 radical (unpaired) electrons. The van der Waals surface area contributed by atoms with Crippen LogP contribution in [0.5, 0.6) is 11.5 Å². The van der Waals surface area contributed by atoms with Gasteiger partial charge in [-0.2, -0.15) is 0 Å². The van der Waals surface area contributed by atoms with Crippen molar-refractivity contribution in [2.45, 2.75) is 69.5 Å². The summed E-state index contributed by atoms with van der Waals surface area (Å²) >= 11 is 0. The lowest BCUT2D eigenvalue weighted by molar-refractivity contribution is 0.0557. The molecule has 0 amide bonds. The van der Waals surface area contributed by atoms with E-state index >= 15 is 0 Å². The molecule has 2 aromatic carbocycles. The quantitative estimate of drug-likeness (QED) is 0.410. The second-order valence-electron chi connectivity index (χ2n) is 11.1. The Hall–Kier alpha value is -2.71. The molecule has 0 bridgehead atoms. The molecular formula is C30H38F2N4O2. The maximum atomic E-state index is 13.8. The fraction of sp³-hybridized carbons (Fsp3) is 0.567. The number of ether oxygens (including phenoxy) is 2. The number of imidazole rings is 1. The summed E-state index contributed by atoms with van der Waals surface area (Å²) in [5.74, 6) is 2.93. The summed E-state index contributed by atoms with van der Waals surface area (Å²) in [6.07, 6.45) is 4.96. The van der Waals surface area contributed by atoms with E-state index in [1.54, 1.807) is 30.9 Å². The number of benzene rings is 2. The van der Waals surface area contributed by atoms with Crippen LogP contribution >= 0.6 is 0 Å². The van der Waals surface area contributed by atoms with E-state index in [1.807, 2.05) is 12.1 Å². The van der Waals surface area contributed by atoms with Crippen molar-refractivity contribution >= 4 is 11.0 Å². The maximum absolute atomic E-state index is 13.8. The van der Waals surface area contributed by atoms with Crippen LogP contribution in [0.4, 0.5) is 8.78 Å². The molecule has 2 aliphatic heterocycles. The predicted molar refractivity (Wildman–Crippen MR) is 145 cm³/mol. The summed E-state index contributed by atoms with van der Waals surface area (Å²) in [7, 11) is 3.15. The van der Waals surface area contributed by atoms with E-state index in [4.69, 9.17) is 14.5 Å². The molecule has 3 aromatic rings. The fourth-order valence-electron chi connectivity index (χ4n) is 6.77. The maximum Gasteiger partial charge on any atom is 0.256 e. The van der Waals surface area contributed by atoms with Gasteiger partial charge in [-0.15, -0.1) is 0 Å². The van der Waals surface area contributed by atoms with Gasteiger partial charge in [0.05, 0.1) is 31.8 Å². The van der Waals surface area contributed by atoms with Crippen molar-refractivity contribution in [3.63, 3.8) is 0 Å². The highest BCUT2D eigenvalue weighted by Crippen LogP contribution is 2.45. The monoisotopic (exact) mass is 524 g/mol. The Morgan fingerprint density at radius 2 is 1.76 bits per heavy atom. The highest BCUT2D eigenvalue weighted by molar-refractivity contribution is 5.82. The van der Waals surface area contributed by atoms with Crippen LogP contribution in [0.2, 0.25) is 0 Å². The third-order valence-electron chi connectivity index (χ3n) is 8.84. The summed E-state index contributed by atoms with van der Waals surface area (Å²) in [5, 5.41) is 3.51. The number of nitrogens with one attached hydrogen (secondary N) is 1. The summed E-state index contributed by atoms with van der Waals surface area (Å²) < 4.78 is 40.1. The zero-order valence-corrected chi connectivity index (χ0v) is 22.3. The zero-order valence-electron chi connectivity index (χ0n) is 22.3. The first-order valence-electron chi connectivity index (χ1n) is 14.0. The molecule has 204 valence electrons. The molecule has 1 unspecified atom stereocenters. The number of rotatable bonds is 8. The van der Waals surface area contributed by atoms with Crippen molar-refractivity contribution in [2.24, 2.45) is 5.92 Å². The number of hydrogen-bond acceptors (Lipinski definition) is 5. The Kier molecular flexibility index (Phi) is 7.27. The van der Waals surface area contributed by atoms with Crippen LogP contribution in [-0.2, 0) is 6.54 Å². The minimum atomic E-state index is -2.48. The van der Waals surface area contributed by atoms with E-state index in [2.05, 4.69) is 22.3 Å². The van der Waals surface area contributed by atoms with Crippen LogP contribution in [0.3, 0.4) is 0 Å². The van der Waals surface area contributed by atoms with E-state index in [1.165, 1.54) is 31.2 Å². The lowest BCUT2D eigenvalue weighted by Crippen LogP contribution is -2.52. The minimum Gasteiger partial charge on any atom is -0.493 e. The highest BCUT2D eigenvalue weighted by atomic mass is 19.3. The molecule has 1 aromatic heterocycles. The first-order chi connectivity index (χ1) is 18.6. The van der Waals surface area contributed by atoms with Gasteiger partial charge in [-0.1, -0.05) is 6.07 Å². The van der Waals surface area contributed by atoms with Crippen molar-refractivity contribution < 1.29 is 18.3 Å². The molecule has 1 N–H and O–H groups in total. The Morgan fingerprint density at radius 3 is 2.47 bits per heavy atom. The molecule has 3 heterocycles. The van der Waals surface area contributed by atoms with Gasteiger partial charge < -0.3 is 19.4 Å². The Balaban J connectivity index is 1.32. The smallest absolute Gasteiger partial charge is 0.256 e. The van der Waals surface area contributed by atoms with Crippen molar-refractivity contribution in [1.29, 1.82) is 0 Å². The van der Waals surface area contributed by atoms with E-state index < -0.39 is 13.0 Å². The largest absolute Gasteiger partial charge is 0.493 e. The van der Waals surface area contributed by atoms with E-state index in [9.17, 15) is 8.78 Å². The lowest BCUT2D eigenvalue weighted by atomic mass is 9.82. The average Bonchev–Trinajstić information content (AvgIpc) is 3.75. The molecule has 2 saturated heterocycles. The van der Waals surface area contributed by atoms with Crippen LogP contribution < -0.4 is 14.8 Å². The van der Waals surface area contributed by atoms with Crippen molar-refractivity contribution in [3.8, 4) is 22.9 Å². The number of methoxy groups -OCH3 is 2. The first kappa shape index (κ1) is 25.6. The molecule has 6 nitrogen and oxygen atoms in total. The number of alkyl halides is 2. The Bertz CT molecular complexity index is 1270. The van der Waals surface area contributed by atoms with Gasteiger partial charge in [0.1, 0.15) is 5.82 Å². The second kappa shape index (κ2) is 10.8.